The molecule has 3 heteroatoms. The molecule has 1 aromatic rings. The number of likely N-dealkylation sites (tertiary alicyclic amines) is 1. The van der Waals surface area contributed by atoms with Crippen molar-refractivity contribution in [3.8, 4) is 0 Å². The van der Waals surface area contributed by atoms with E-state index in [1.807, 2.05) is 0 Å². The van der Waals surface area contributed by atoms with Crippen molar-refractivity contribution in [2.24, 2.45) is 5.41 Å². The van der Waals surface area contributed by atoms with Gasteiger partial charge in [-0.2, -0.15) is 11.3 Å². The van der Waals surface area contributed by atoms with Crippen LogP contribution in [0, 0.1) is 5.41 Å². The predicted octanol–water partition coefficient (Wildman–Crippen LogP) is 3.00. The van der Waals surface area contributed by atoms with E-state index >= 15 is 0 Å². The summed E-state index contributed by atoms with van der Waals surface area (Å²) < 4.78 is 0. The van der Waals surface area contributed by atoms with Gasteiger partial charge in [0, 0.05) is 13.1 Å². The Morgan fingerprint density at radius 1 is 1.28 bits per heavy atom. The second-order valence-corrected chi connectivity index (χ2v) is 6.92. The van der Waals surface area contributed by atoms with Crippen molar-refractivity contribution in [1.29, 1.82) is 0 Å². The van der Waals surface area contributed by atoms with Gasteiger partial charge in [-0.05, 0) is 66.7 Å². The third-order valence-corrected chi connectivity index (χ3v) is 4.72. The van der Waals surface area contributed by atoms with E-state index in [0.717, 1.165) is 19.5 Å². The second-order valence-electron chi connectivity index (χ2n) is 6.14. The molecule has 2 rings (SSSR count). The Morgan fingerprint density at radius 3 is 2.72 bits per heavy atom. The van der Waals surface area contributed by atoms with Crippen molar-refractivity contribution >= 4 is 11.3 Å². The largest absolute Gasteiger partial charge is 0.315 e. The average Bonchev–Trinajstić information content (AvgIpc) is 2.84. The van der Waals surface area contributed by atoms with E-state index in [-0.39, 0.29) is 0 Å². The first-order valence-corrected chi connectivity index (χ1v) is 8.04. The van der Waals surface area contributed by atoms with E-state index in [1.165, 1.54) is 38.0 Å². The van der Waals surface area contributed by atoms with Gasteiger partial charge in [-0.3, -0.25) is 0 Å². The molecule has 1 aliphatic heterocycles. The summed E-state index contributed by atoms with van der Waals surface area (Å²) >= 11 is 1.79. The van der Waals surface area contributed by atoms with Crippen LogP contribution in [0.5, 0.6) is 0 Å². The highest BCUT2D eigenvalue weighted by atomic mass is 32.1. The highest BCUT2D eigenvalue weighted by molar-refractivity contribution is 7.07. The van der Waals surface area contributed by atoms with Crippen molar-refractivity contribution in [2.45, 2.75) is 33.1 Å². The second kappa shape index (κ2) is 6.69. The average molecular weight is 266 g/mol. The van der Waals surface area contributed by atoms with Crippen LogP contribution in [0.4, 0.5) is 0 Å². The Bertz CT molecular complexity index is 322. The standard InChI is InChI=1S/C15H26N2S/c1-15(2)5-9-17(10-6-15)11-8-16-7-3-14-4-12-18-13-14/h4,12-13,16H,3,5-11H2,1-2H3. The quantitative estimate of drug-likeness (QED) is 0.796. The molecule has 0 bridgehead atoms. The molecule has 102 valence electrons. The Balaban J connectivity index is 1.51. The van der Waals surface area contributed by atoms with Crippen LogP contribution in [0.2, 0.25) is 0 Å². The summed E-state index contributed by atoms with van der Waals surface area (Å²) in [7, 11) is 0. The SMILES string of the molecule is CC1(C)CCN(CCNCCc2ccsc2)CC1. The first-order valence-electron chi connectivity index (χ1n) is 7.10. The molecular formula is C15H26N2S. The van der Waals surface area contributed by atoms with Gasteiger partial charge in [-0.25, -0.2) is 0 Å². The molecule has 2 nitrogen and oxygen atoms in total. The van der Waals surface area contributed by atoms with Crippen molar-refractivity contribution in [3.63, 3.8) is 0 Å². The summed E-state index contributed by atoms with van der Waals surface area (Å²) in [5, 5.41) is 7.96. The minimum atomic E-state index is 0.572. The van der Waals surface area contributed by atoms with Gasteiger partial charge in [-0.15, -0.1) is 0 Å². The molecule has 0 spiro atoms. The van der Waals surface area contributed by atoms with Gasteiger partial charge >= 0.3 is 0 Å². The molecule has 1 fully saturated rings. The van der Waals surface area contributed by atoms with E-state index in [0.29, 0.717) is 5.41 Å². The van der Waals surface area contributed by atoms with Crippen LogP contribution in [-0.4, -0.2) is 37.6 Å². The fourth-order valence-electron chi connectivity index (χ4n) is 2.41. The minimum Gasteiger partial charge on any atom is -0.315 e. The summed E-state index contributed by atoms with van der Waals surface area (Å²) in [6.07, 6.45) is 3.86. The van der Waals surface area contributed by atoms with Crippen LogP contribution >= 0.6 is 11.3 Å². The fraction of sp³-hybridized carbons (Fsp3) is 0.733. The molecule has 1 saturated heterocycles. The Kier molecular flexibility index (Phi) is 5.22. The van der Waals surface area contributed by atoms with Crippen LogP contribution in [-0.2, 0) is 6.42 Å². The lowest BCUT2D eigenvalue weighted by Gasteiger charge is -2.36. The van der Waals surface area contributed by atoms with Crippen molar-refractivity contribution in [1.82, 2.24) is 10.2 Å². The molecule has 0 aliphatic carbocycles. The summed E-state index contributed by atoms with van der Waals surface area (Å²) in [4.78, 5) is 2.60. The Labute approximate surface area is 115 Å². The van der Waals surface area contributed by atoms with Crippen LogP contribution in [0.3, 0.4) is 0 Å². The first kappa shape index (κ1) is 14.0. The van der Waals surface area contributed by atoms with Gasteiger partial charge in [0.25, 0.3) is 0 Å². The summed E-state index contributed by atoms with van der Waals surface area (Å²) in [5.74, 6) is 0. The number of thiophene rings is 1. The molecule has 0 saturated carbocycles. The lowest BCUT2D eigenvalue weighted by molar-refractivity contribution is 0.133. The van der Waals surface area contributed by atoms with E-state index in [1.54, 1.807) is 11.3 Å². The number of nitrogens with one attached hydrogen (secondary N) is 1. The van der Waals surface area contributed by atoms with Crippen molar-refractivity contribution in [3.05, 3.63) is 22.4 Å². The number of nitrogens with zero attached hydrogens (tertiary/aromatic N) is 1. The lowest BCUT2D eigenvalue weighted by atomic mass is 9.83. The molecule has 1 aliphatic rings. The fourth-order valence-corrected chi connectivity index (χ4v) is 3.11. The van der Waals surface area contributed by atoms with Gasteiger partial charge in [0.05, 0.1) is 0 Å². The van der Waals surface area contributed by atoms with Crippen LogP contribution in [0.25, 0.3) is 0 Å². The number of piperidine rings is 1. The zero-order valence-electron chi connectivity index (χ0n) is 11.7. The van der Waals surface area contributed by atoms with Crippen molar-refractivity contribution < 1.29 is 0 Å². The summed E-state index contributed by atoms with van der Waals surface area (Å²) in [6, 6.07) is 2.22. The van der Waals surface area contributed by atoms with Crippen molar-refractivity contribution in [2.75, 3.05) is 32.7 Å². The molecule has 0 aromatic carbocycles. The molecule has 18 heavy (non-hydrogen) atoms. The molecule has 0 atom stereocenters. The molecule has 0 amide bonds. The lowest BCUT2D eigenvalue weighted by Crippen LogP contribution is -2.40. The van der Waals surface area contributed by atoms with E-state index < -0.39 is 0 Å². The minimum absolute atomic E-state index is 0.572. The normalized spacial score (nSPS) is 20.1. The van der Waals surface area contributed by atoms with Crippen LogP contribution < -0.4 is 5.32 Å². The molecule has 0 radical (unpaired) electrons. The third kappa shape index (κ3) is 4.71. The van der Waals surface area contributed by atoms with E-state index in [4.69, 9.17) is 0 Å². The predicted molar refractivity (Wildman–Crippen MR) is 80.3 cm³/mol. The monoisotopic (exact) mass is 266 g/mol. The molecular weight excluding hydrogens is 240 g/mol. The topological polar surface area (TPSA) is 15.3 Å². The molecule has 2 heterocycles. The molecule has 1 aromatic heterocycles. The van der Waals surface area contributed by atoms with Gasteiger partial charge in [0.15, 0.2) is 0 Å². The Morgan fingerprint density at radius 2 is 2.06 bits per heavy atom. The number of hydrogen-bond donors (Lipinski definition) is 1. The summed E-state index contributed by atoms with van der Waals surface area (Å²) in [6.45, 7) is 10.8. The molecule has 1 N–H and O–H groups in total. The zero-order chi connectivity index (χ0) is 12.8. The number of rotatable bonds is 6. The van der Waals surface area contributed by atoms with Crippen LogP contribution in [0.15, 0.2) is 16.8 Å². The van der Waals surface area contributed by atoms with Gasteiger partial charge in [-0.1, -0.05) is 13.8 Å². The number of hydrogen-bond acceptors (Lipinski definition) is 3. The van der Waals surface area contributed by atoms with E-state index in [9.17, 15) is 0 Å². The van der Waals surface area contributed by atoms with E-state index in [2.05, 4.69) is 40.9 Å². The summed E-state index contributed by atoms with van der Waals surface area (Å²) in [5.41, 5.74) is 2.04. The van der Waals surface area contributed by atoms with Gasteiger partial charge in [0.2, 0.25) is 0 Å². The van der Waals surface area contributed by atoms with Crippen LogP contribution in [0.1, 0.15) is 32.3 Å². The third-order valence-electron chi connectivity index (χ3n) is 3.98. The first-order chi connectivity index (χ1) is 8.66. The molecule has 0 unspecified atom stereocenters. The smallest absolute Gasteiger partial charge is 0.0107 e. The maximum absolute atomic E-state index is 3.55. The maximum atomic E-state index is 3.55. The highest BCUT2D eigenvalue weighted by Crippen LogP contribution is 2.29. The maximum Gasteiger partial charge on any atom is 0.0107 e. The Hall–Kier alpha value is -0.380. The van der Waals surface area contributed by atoms with Gasteiger partial charge < -0.3 is 10.2 Å². The van der Waals surface area contributed by atoms with Gasteiger partial charge in [0.1, 0.15) is 0 Å². The highest BCUT2D eigenvalue weighted by Gasteiger charge is 2.24. The zero-order valence-corrected chi connectivity index (χ0v) is 12.6.